The molecule has 2 fully saturated rings. The normalized spacial score (nSPS) is 22.8. The van der Waals surface area contributed by atoms with Gasteiger partial charge in [0.2, 0.25) is 11.8 Å². The first kappa shape index (κ1) is 35.9. The molecule has 10 nitrogen and oxygen atoms in total. The molecule has 2 aromatic rings. The number of β-amino-alcohol motifs (C(OH)–C–C–N with tert-alkyl or cyclic N) is 1. The lowest BCUT2D eigenvalue weighted by atomic mass is 9.72. The van der Waals surface area contributed by atoms with Crippen molar-refractivity contribution in [1.82, 2.24) is 20.9 Å². The highest BCUT2D eigenvalue weighted by Crippen LogP contribution is 2.39. The van der Waals surface area contributed by atoms with E-state index in [0.29, 0.717) is 24.1 Å². The van der Waals surface area contributed by atoms with Crippen molar-refractivity contribution in [3.05, 3.63) is 65.7 Å². The van der Waals surface area contributed by atoms with Gasteiger partial charge in [-0.1, -0.05) is 49.6 Å². The Hall–Kier alpha value is -2.99. The third-order valence-electron chi connectivity index (χ3n) is 9.43. The molecule has 0 spiro atoms. The second-order valence-corrected chi connectivity index (χ2v) is 17.1. The third kappa shape index (κ3) is 9.30. The fourth-order valence-corrected chi connectivity index (χ4v) is 7.21. The fourth-order valence-electron chi connectivity index (χ4n) is 6.59. The zero-order chi connectivity index (χ0) is 33.7. The van der Waals surface area contributed by atoms with E-state index in [1.54, 1.807) is 18.2 Å². The van der Waals surface area contributed by atoms with Crippen LogP contribution >= 0.6 is 0 Å². The number of benzene rings is 1. The molecule has 1 aromatic heterocycles. The Morgan fingerprint density at radius 2 is 1.72 bits per heavy atom. The molecule has 2 aliphatic rings. The summed E-state index contributed by atoms with van der Waals surface area (Å²) < 4.78 is 29.7. The summed E-state index contributed by atoms with van der Waals surface area (Å²) >= 11 is 0. The van der Waals surface area contributed by atoms with Gasteiger partial charge in [0.05, 0.1) is 23.6 Å². The maximum absolute atomic E-state index is 14.0. The SMILES string of the molecule is CC(C)(C)NC(=O)[C@@H]1C[C@@H]2CCCCC2CN1C[C@@H](O)/C(=C/c1ccccc1)NC(=O)[C@@H](NCc1ccco1)C(C)(C)S(C)(=O)=O. The number of carbonyl (C=O) groups is 2. The summed E-state index contributed by atoms with van der Waals surface area (Å²) in [6.07, 6.45) is 8.42. The van der Waals surface area contributed by atoms with Crippen molar-refractivity contribution >= 4 is 27.7 Å². The number of likely N-dealkylation sites (tertiary alicyclic amines) is 1. The van der Waals surface area contributed by atoms with Gasteiger partial charge in [0.15, 0.2) is 9.84 Å². The van der Waals surface area contributed by atoms with Gasteiger partial charge in [0, 0.05) is 30.6 Å². The molecule has 1 aliphatic heterocycles. The molecule has 1 aromatic carbocycles. The molecule has 254 valence electrons. The van der Waals surface area contributed by atoms with E-state index in [-0.39, 0.29) is 24.7 Å². The molecule has 1 aliphatic carbocycles. The zero-order valence-electron chi connectivity index (χ0n) is 28.1. The molecule has 1 saturated carbocycles. The molecule has 0 radical (unpaired) electrons. The van der Waals surface area contributed by atoms with E-state index in [2.05, 4.69) is 20.9 Å². The van der Waals surface area contributed by atoms with Crippen molar-refractivity contribution in [3.8, 4) is 0 Å². The number of nitrogens with one attached hydrogen (secondary N) is 3. The van der Waals surface area contributed by atoms with Gasteiger partial charge in [-0.25, -0.2) is 8.42 Å². The third-order valence-corrected chi connectivity index (χ3v) is 11.6. The number of furan rings is 1. The van der Waals surface area contributed by atoms with Gasteiger partial charge in [-0.3, -0.25) is 19.8 Å². The summed E-state index contributed by atoms with van der Waals surface area (Å²) in [7, 11) is -3.71. The predicted octanol–water partition coefficient (Wildman–Crippen LogP) is 3.87. The number of fused-ring (bicyclic) bond motifs is 1. The first-order valence-corrected chi connectivity index (χ1v) is 18.2. The topological polar surface area (TPSA) is 141 Å². The Balaban J connectivity index is 1.63. The highest BCUT2D eigenvalue weighted by atomic mass is 32.2. The average Bonchev–Trinajstić information content (AvgIpc) is 3.49. The van der Waals surface area contributed by atoms with Gasteiger partial charge in [0.25, 0.3) is 0 Å². The van der Waals surface area contributed by atoms with E-state index in [4.69, 9.17) is 4.42 Å². The maximum Gasteiger partial charge on any atom is 0.242 e. The number of carbonyl (C=O) groups excluding carboxylic acids is 2. The van der Waals surface area contributed by atoms with E-state index >= 15 is 0 Å². The van der Waals surface area contributed by atoms with Crippen LogP contribution in [0, 0.1) is 11.8 Å². The van der Waals surface area contributed by atoms with Crippen molar-refractivity contribution in [2.24, 2.45) is 11.8 Å². The summed E-state index contributed by atoms with van der Waals surface area (Å²) in [6.45, 7) is 9.83. The molecule has 5 atom stereocenters. The molecule has 4 N–H and O–H groups in total. The quantitative estimate of drug-likeness (QED) is 0.270. The number of sulfone groups is 1. The van der Waals surface area contributed by atoms with E-state index in [9.17, 15) is 23.1 Å². The van der Waals surface area contributed by atoms with Crippen molar-refractivity contribution in [3.63, 3.8) is 0 Å². The Morgan fingerprint density at radius 1 is 1.04 bits per heavy atom. The number of aliphatic hydroxyl groups is 1. The predicted molar refractivity (Wildman–Crippen MR) is 180 cm³/mol. The lowest BCUT2D eigenvalue weighted by Gasteiger charge is -2.46. The van der Waals surface area contributed by atoms with Crippen LogP contribution in [0.5, 0.6) is 0 Å². The molecule has 2 amide bonds. The van der Waals surface area contributed by atoms with Crippen LogP contribution in [-0.4, -0.2) is 78.1 Å². The molecular weight excluding hydrogens is 604 g/mol. The van der Waals surface area contributed by atoms with Crippen LogP contribution in [-0.2, 0) is 26.0 Å². The highest BCUT2D eigenvalue weighted by molar-refractivity contribution is 7.92. The van der Waals surface area contributed by atoms with Crippen molar-refractivity contribution < 1.29 is 27.5 Å². The number of piperidine rings is 1. The van der Waals surface area contributed by atoms with E-state index in [1.807, 2.05) is 51.1 Å². The summed E-state index contributed by atoms with van der Waals surface area (Å²) in [5, 5.41) is 20.9. The van der Waals surface area contributed by atoms with E-state index < -0.39 is 44.2 Å². The average molecular weight is 657 g/mol. The first-order chi connectivity index (χ1) is 21.5. The Kier molecular flexibility index (Phi) is 11.6. The number of aliphatic hydroxyl groups excluding tert-OH is 1. The number of hydrogen-bond acceptors (Lipinski definition) is 8. The minimum Gasteiger partial charge on any atom is -0.468 e. The van der Waals surface area contributed by atoms with Crippen molar-refractivity contribution in [2.45, 2.75) is 102 Å². The number of nitrogens with zero attached hydrogens (tertiary/aromatic N) is 1. The molecule has 11 heteroatoms. The zero-order valence-corrected chi connectivity index (χ0v) is 28.9. The second-order valence-electron chi connectivity index (χ2n) is 14.5. The van der Waals surface area contributed by atoms with Crippen molar-refractivity contribution in [2.75, 3.05) is 19.3 Å². The smallest absolute Gasteiger partial charge is 0.242 e. The summed E-state index contributed by atoms with van der Waals surface area (Å²) in [5.74, 6) is 0.806. The van der Waals surface area contributed by atoms with Gasteiger partial charge in [0.1, 0.15) is 17.9 Å². The molecule has 46 heavy (non-hydrogen) atoms. The minimum atomic E-state index is -3.71. The summed E-state index contributed by atoms with van der Waals surface area (Å²) in [6, 6.07) is 11.2. The van der Waals surface area contributed by atoms with Crippen LogP contribution in [0.15, 0.2) is 58.8 Å². The van der Waals surface area contributed by atoms with E-state index in [1.165, 1.54) is 26.5 Å². The standard InChI is InChI=1S/C35H52N4O6S/c1-34(2,3)38-32(41)29-20-25-15-10-11-16-26(25)22-39(29)23-30(40)28(19-24-13-8-7-9-14-24)37-33(42)31(35(4,5)46(6,43)44)36-21-27-17-12-18-45-27/h7-9,12-14,17-19,25-26,29-31,36,40H,10-11,15-16,20-23H2,1-6H3,(H,37,42)(H,38,41)/b28-19-/t25-,26?,29-,30+,31+/m0/s1. The van der Waals surface area contributed by atoms with Crippen LogP contribution < -0.4 is 16.0 Å². The second kappa shape index (κ2) is 14.8. The van der Waals surface area contributed by atoms with Crippen LogP contribution in [0.1, 0.15) is 78.0 Å². The number of amides is 2. The first-order valence-electron chi connectivity index (χ1n) is 16.3. The Labute approximate surface area is 274 Å². The summed E-state index contributed by atoms with van der Waals surface area (Å²) in [5.41, 5.74) is 0.583. The fraction of sp³-hybridized carbons (Fsp3) is 0.600. The van der Waals surface area contributed by atoms with Crippen molar-refractivity contribution in [1.29, 1.82) is 0 Å². The molecular formula is C35H52N4O6S. The van der Waals surface area contributed by atoms with Crippen LogP contribution in [0.25, 0.3) is 6.08 Å². The lowest BCUT2D eigenvalue weighted by Crippen LogP contribution is -2.60. The van der Waals surface area contributed by atoms with Gasteiger partial charge < -0.3 is 20.2 Å². The Bertz CT molecular complexity index is 1450. The van der Waals surface area contributed by atoms with E-state index in [0.717, 1.165) is 37.5 Å². The summed E-state index contributed by atoms with van der Waals surface area (Å²) in [4.78, 5) is 29.7. The lowest BCUT2D eigenvalue weighted by molar-refractivity contribution is -0.132. The molecule has 4 rings (SSSR count). The largest absolute Gasteiger partial charge is 0.468 e. The van der Waals surface area contributed by atoms with Crippen LogP contribution in [0.4, 0.5) is 0 Å². The van der Waals surface area contributed by atoms with Gasteiger partial charge in [-0.05, 0) is 83.1 Å². The molecule has 0 bridgehead atoms. The van der Waals surface area contributed by atoms with Gasteiger partial charge >= 0.3 is 0 Å². The maximum atomic E-state index is 14.0. The monoisotopic (exact) mass is 656 g/mol. The van der Waals surface area contributed by atoms with Crippen LogP contribution in [0.2, 0.25) is 0 Å². The molecule has 1 unspecified atom stereocenters. The highest BCUT2D eigenvalue weighted by Gasteiger charge is 2.45. The molecule has 1 saturated heterocycles. The molecule has 2 heterocycles. The van der Waals surface area contributed by atoms with Crippen LogP contribution in [0.3, 0.4) is 0 Å². The number of rotatable bonds is 12. The van der Waals surface area contributed by atoms with Gasteiger partial charge in [-0.2, -0.15) is 0 Å². The minimum absolute atomic E-state index is 0.0570. The van der Waals surface area contributed by atoms with Gasteiger partial charge in [-0.15, -0.1) is 0 Å². The Morgan fingerprint density at radius 3 is 2.33 bits per heavy atom. The number of hydrogen-bond donors (Lipinski definition) is 4.